The summed E-state index contributed by atoms with van der Waals surface area (Å²) in [6.07, 6.45) is 48.4. The maximum absolute atomic E-state index is 12.7. The Balaban J connectivity index is 4.09. The fourth-order valence-electron chi connectivity index (χ4n) is 7.86. The van der Waals surface area contributed by atoms with Gasteiger partial charge in [-0.1, -0.05) is 252 Å². The minimum absolute atomic E-state index is 0.0639. The van der Waals surface area contributed by atoms with Gasteiger partial charge in [-0.05, 0) is 25.2 Å². The van der Waals surface area contributed by atoms with E-state index in [-0.39, 0.29) is 31.1 Å². The van der Waals surface area contributed by atoms with Gasteiger partial charge < -0.3 is 14.2 Å². The van der Waals surface area contributed by atoms with Crippen LogP contribution in [0.5, 0.6) is 0 Å². The molecule has 0 amide bonds. The third kappa shape index (κ3) is 45.5. The van der Waals surface area contributed by atoms with Crippen molar-refractivity contribution >= 4 is 17.9 Å². The summed E-state index contributed by atoms with van der Waals surface area (Å²) in [6, 6.07) is 0. The highest BCUT2D eigenvalue weighted by atomic mass is 16.6. The van der Waals surface area contributed by atoms with Crippen LogP contribution in [0.3, 0.4) is 0 Å². The molecule has 0 aromatic rings. The largest absolute Gasteiger partial charge is 0.462 e. The number of carbonyl (C=O) groups is 3. The van der Waals surface area contributed by atoms with E-state index in [0.717, 1.165) is 70.1 Å². The lowest BCUT2D eigenvalue weighted by atomic mass is 10.0. The molecule has 0 heterocycles. The van der Waals surface area contributed by atoms with Crippen molar-refractivity contribution in [3.63, 3.8) is 0 Å². The maximum atomic E-state index is 12.7. The molecule has 0 aliphatic carbocycles. The molecule has 0 aliphatic rings. The first-order chi connectivity index (χ1) is 28.4. The zero-order valence-corrected chi connectivity index (χ0v) is 39.5. The van der Waals surface area contributed by atoms with E-state index in [2.05, 4.69) is 27.7 Å². The first kappa shape index (κ1) is 56.4. The van der Waals surface area contributed by atoms with Crippen molar-refractivity contribution in [2.24, 2.45) is 5.92 Å². The van der Waals surface area contributed by atoms with Crippen LogP contribution in [0.25, 0.3) is 0 Å². The molecule has 0 rings (SSSR count). The highest BCUT2D eigenvalue weighted by Gasteiger charge is 2.19. The van der Waals surface area contributed by atoms with Crippen molar-refractivity contribution in [2.45, 2.75) is 297 Å². The van der Waals surface area contributed by atoms with E-state index in [1.54, 1.807) is 0 Å². The topological polar surface area (TPSA) is 78.9 Å². The van der Waals surface area contributed by atoms with Crippen LogP contribution in [-0.2, 0) is 28.6 Å². The van der Waals surface area contributed by atoms with Crippen molar-refractivity contribution in [2.75, 3.05) is 13.2 Å². The second-order valence-corrected chi connectivity index (χ2v) is 18.3. The van der Waals surface area contributed by atoms with Gasteiger partial charge in [-0.2, -0.15) is 0 Å². The van der Waals surface area contributed by atoms with Gasteiger partial charge in [0.15, 0.2) is 6.10 Å². The minimum atomic E-state index is -0.759. The van der Waals surface area contributed by atoms with E-state index in [1.807, 2.05) is 0 Å². The number of carbonyl (C=O) groups excluding carboxylic acids is 3. The fraction of sp³-hybridized carbons (Fsp3) is 0.942. The van der Waals surface area contributed by atoms with Gasteiger partial charge in [-0.3, -0.25) is 14.4 Å². The van der Waals surface area contributed by atoms with E-state index in [4.69, 9.17) is 14.2 Å². The summed E-state index contributed by atoms with van der Waals surface area (Å²) >= 11 is 0. The van der Waals surface area contributed by atoms with Gasteiger partial charge in [0.25, 0.3) is 0 Å². The van der Waals surface area contributed by atoms with Gasteiger partial charge >= 0.3 is 17.9 Å². The number of hydrogen-bond acceptors (Lipinski definition) is 6. The molecule has 0 bridgehead atoms. The predicted molar refractivity (Wildman–Crippen MR) is 247 cm³/mol. The van der Waals surface area contributed by atoms with E-state index < -0.39 is 6.10 Å². The van der Waals surface area contributed by atoms with Crippen LogP contribution in [0.2, 0.25) is 0 Å². The number of hydrogen-bond donors (Lipinski definition) is 0. The van der Waals surface area contributed by atoms with E-state index in [1.165, 1.54) is 180 Å². The molecule has 1 atom stereocenters. The summed E-state index contributed by atoms with van der Waals surface area (Å²) in [4.78, 5) is 37.6. The molecule has 0 N–H and O–H groups in total. The van der Waals surface area contributed by atoms with E-state index in [0.29, 0.717) is 19.3 Å². The van der Waals surface area contributed by atoms with Crippen molar-refractivity contribution in [3.8, 4) is 0 Å². The zero-order valence-electron chi connectivity index (χ0n) is 39.5. The highest BCUT2D eigenvalue weighted by molar-refractivity contribution is 5.71. The Kier molecular flexibility index (Phi) is 45.2. The second-order valence-electron chi connectivity index (χ2n) is 18.3. The third-order valence-corrected chi connectivity index (χ3v) is 11.8. The van der Waals surface area contributed by atoms with Gasteiger partial charge in [-0.15, -0.1) is 0 Å². The number of unbranched alkanes of at least 4 members (excludes halogenated alkanes) is 34. The highest BCUT2D eigenvalue weighted by Crippen LogP contribution is 2.17. The summed E-state index contributed by atoms with van der Waals surface area (Å²) < 4.78 is 16.7. The monoisotopic (exact) mass is 821 g/mol. The van der Waals surface area contributed by atoms with Gasteiger partial charge in [-0.25, -0.2) is 0 Å². The predicted octanol–water partition coefficient (Wildman–Crippen LogP) is 16.7. The minimum Gasteiger partial charge on any atom is -0.462 e. The zero-order chi connectivity index (χ0) is 42.4. The molecule has 344 valence electrons. The quantitative estimate of drug-likeness (QED) is 0.0346. The van der Waals surface area contributed by atoms with E-state index in [9.17, 15) is 14.4 Å². The van der Waals surface area contributed by atoms with Crippen molar-refractivity contribution in [1.82, 2.24) is 0 Å². The normalized spacial score (nSPS) is 11.9. The first-order valence-electron chi connectivity index (χ1n) is 25.9. The Morgan fingerprint density at radius 1 is 0.328 bits per heavy atom. The van der Waals surface area contributed by atoms with Crippen LogP contribution in [0.15, 0.2) is 0 Å². The number of esters is 3. The average molecular weight is 821 g/mol. The van der Waals surface area contributed by atoms with Gasteiger partial charge in [0, 0.05) is 19.3 Å². The SMILES string of the molecule is CCCCCCCCCCCCCCCCCCCCCC(=O)OC[C@H](COC(=O)CCCCCCC)OC(=O)CCCCCCCCCCCCCCCC(C)C. The van der Waals surface area contributed by atoms with E-state index >= 15 is 0 Å². The van der Waals surface area contributed by atoms with Crippen LogP contribution >= 0.6 is 0 Å². The van der Waals surface area contributed by atoms with Crippen molar-refractivity contribution in [3.05, 3.63) is 0 Å². The van der Waals surface area contributed by atoms with Crippen LogP contribution in [0.4, 0.5) is 0 Å². The smallest absolute Gasteiger partial charge is 0.306 e. The number of rotatable bonds is 47. The molecule has 6 heteroatoms. The second kappa shape index (κ2) is 46.5. The Labute approximate surface area is 361 Å². The Hall–Kier alpha value is -1.59. The van der Waals surface area contributed by atoms with Crippen LogP contribution in [-0.4, -0.2) is 37.2 Å². The first-order valence-corrected chi connectivity index (χ1v) is 25.9. The molecule has 0 radical (unpaired) electrons. The van der Waals surface area contributed by atoms with Gasteiger partial charge in [0.05, 0.1) is 0 Å². The molecule has 0 aromatic carbocycles. The summed E-state index contributed by atoms with van der Waals surface area (Å²) in [7, 11) is 0. The molecular formula is C52H100O6. The summed E-state index contributed by atoms with van der Waals surface area (Å²) in [5.74, 6) is -0.0215. The molecule has 58 heavy (non-hydrogen) atoms. The molecule has 0 fully saturated rings. The lowest BCUT2D eigenvalue weighted by molar-refractivity contribution is -0.167. The van der Waals surface area contributed by atoms with Crippen LogP contribution in [0, 0.1) is 5.92 Å². The Morgan fingerprint density at radius 2 is 0.569 bits per heavy atom. The lowest BCUT2D eigenvalue weighted by Gasteiger charge is -2.18. The summed E-state index contributed by atoms with van der Waals surface area (Å²) in [6.45, 7) is 8.96. The average Bonchev–Trinajstić information content (AvgIpc) is 3.21. The standard InChI is InChI=1S/C52H100O6/c1-5-7-9-11-12-13-14-15-16-17-18-19-20-23-26-29-32-36-40-44-51(54)57-47-49(46-56-50(53)43-39-34-10-8-6-2)58-52(55)45-41-37-33-30-27-24-21-22-25-28-31-35-38-42-48(3)4/h48-49H,5-47H2,1-4H3/t49-/m0/s1. The summed E-state index contributed by atoms with van der Waals surface area (Å²) in [5.41, 5.74) is 0. The fourth-order valence-corrected chi connectivity index (χ4v) is 7.86. The molecule has 0 saturated carbocycles. The van der Waals surface area contributed by atoms with Gasteiger partial charge in [0.1, 0.15) is 13.2 Å². The maximum Gasteiger partial charge on any atom is 0.306 e. The van der Waals surface area contributed by atoms with Crippen molar-refractivity contribution in [1.29, 1.82) is 0 Å². The van der Waals surface area contributed by atoms with Gasteiger partial charge in [0.2, 0.25) is 0 Å². The molecule has 0 saturated heterocycles. The summed E-state index contributed by atoms with van der Waals surface area (Å²) in [5, 5.41) is 0. The Bertz CT molecular complexity index is 872. The molecule has 0 aliphatic heterocycles. The number of ether oxygens (including phenoxy) is 3. The van der Waals surface area contributed by atoms with Crippen LogP contribution in [0.1, 0.15) is 291 Å². The molecule has 0 aromatic heterocycles. The molecule has 0 unspecified atom stereocenters. The molecular weight excluding hydrogens is 721 g/mol. The van der Waals surface area contributed by atoms with Crippen molar-refractivity contribution < 1.29 is 28.6 Å². The molecule has 0 spiro atoms. The Morgan fingerprint density at radius 3 is 0.845 bits per heavy atom. The lowest BCUT2D eigenvalue weighted by Crippen LogP contribution is -2.30. The third-order valence-electron chi connectivity index (χ3n) is 11.8. The van der Waals surface area contributed by atoms with Crippen LogP contribution < -0.4 is 0 Å². The molecule has 6 nitrogen and oxygen atoms in total.